The van der Waals surface area contributed by atoms with Crippen molar-refractivity contribution in [3.63, 3.8) is 0 Å². The van der Waals surface area contributed by atoms with Gasteiger partial charge in [0, 0.05) is 6.04 Å². The SMILES string of the molecule is FC(F)(F)c1ccc(Cl)c(Nc2nncc(NC3CCCC3)n2)c1. The molecule has 24 heavy (non-hydrogen) atoms. The lowest BCUT2D eigenvalue weighted by Crippen LogP contribution is -2.16. The lowest BCUT2D eigenvalue weighted by Gasteiger charge is -2.14. The van der Waals surface area contributed by atoms with Crippen LogP contribution in [0.15, 0.2) is 24.4 Å². The van der Waals surface area contributed by atoms with Crippen molar-refractivity contribution in [3.8, 4) is 0 Å². The number of rotatable bonds is 4. The monoisotopic (exact) mass is 357 g/mol. The van der Waals surface area contributed by atoms with Gasteiger partial charge in [-0.1, -0.05) is 24.4 Å². The van der Waals surface area contributed by atoms with Gasteiger partial charge in [0.2, 0.25) is 5.95 Å². The maximum atomic E-state index is 12.8. The zero-order valence-corrected chi connectivity index (χ0v) is 13.3. The van der Waals surface area contributed by atoms with Gasteiger partial charge in [0.1, 0.15) is 0 Å². The van der Waals surface area contributed by atoms with E-state index in [9.17, 15) is 13.2 Å². The van der Waals surface area contributed by atoms with Crippen LogP contribution < -0.4 is 10.6 Å². The second kappa shape index (κ2) is 6.80. The minimum atomic E-state index is -4.45. The summed E-state index contributed by atoms with van der Waals surface area (Å²) in [6, 6.07) is 3.36. The van der Waals surface area contributed by atoms with Crippen molar-refractivity contribution >= 4 is 29.1 Å². The first-order chi connectivity index (χ1) is 11.4. The lowest BCUT2D eigenvalue weighted by molar-refractivity contribution is -0.137. The quantitative estimate of drug-likeness (QED) is 0.834. The number of hydrogen-bond acceptors (Lipinski definition) is 5. The Balaban J connectivity index is 1.78. The molecule has 0 atom stereocenters. The summed E-state index contributed by atoms with van der Waals surface area (Å²) in [7, 11) is 0. The number of nitrogens with zero attached hydrogens (tertiary/aromatic N) is 3. The highest BCUT2D eigenvalue weighted by Crippen LogP contribution is 2.34. The smallest absolute Gasteiger partial charge is 0.366 e. The average molecular weight is 358 g/mol. The molecule has 0 unspecified atom stereocenters. The first kappa shape index (κ1) is 16.8. The molecule has 128 valence electrons. The lowest BCUT2D eigenvalue weighted by atomic mass is 10.2. The fourth-order valence-corrected chi connectivity index (χ4v) is 2.79. The van der Waals surface area contributed by atoms with Crippen molar-refractivity contribution in [2.24, 2.45) is 0 Å². The molecular formula is C15H15ClF3N5. The number of anilines is 3. The Morgan fingerprint density at radius 3 is 2.62 bits per heavy atom. The molecule has 0 radical (unpaired) electrons. The van der Waals surface area contributed by atoms with Crippen LogP contribution in [0.25, 0.3) is 0 Å². The van der Waals surface area contributed by atoms with E-state index in [1.54, 1.807) is 0 Å². The predicted octanol–water partition coefficient (Wildman–Crippen LogP) is 4.64. The van der Waals surface area contributed by atoms with Crippen LogP contribution in [-0.2, 0) is 6.18 Å². The molecule has 1 fully saturated rings. The Bertz CT molecular complexity index is 716. The Morgan fingerprint density at radius 2 is 1.92 bits per heavy atom. The number of benzene rings is 1. The summed E-state index contributed by atoms with van der Waals surface area (Å²) in [6.07, 6.45) is 1.49. The van der Waals surface area contributed by atoms with Crippen LogP contribution in [-0.4, -0.2) is 21.2 Å². The van der Waals surface area contributed by atoms with Crippen LogP contribution in [0.4, 0.5) is 30.6 Å². The van der Waals surface area contributed by atoms with Crippen LogP contribution in [0, 0.1) is 0 Å². The van der Waals surface area contributed by atoms with Gasteiger partial charge < -0.3 is 10.6 Å². The van der Waals surface area contributed by atoms with Crippen LogP contribution in [0.3, 0.4) is 0 Å². The molecule has 5 nitrogen and oxygen atoms in total. The van der Waals surface area contributed by atoms with E-state index in [1.165, 1.54) is 25.1 Å². The number of halogens is 4. The van der Waals surface area contributed by atoms with Gasteiger partial charge in [-0.05, 0) is 31.0 Å². The van der Waals surface area contributed by atoms with Crippen molar-refractivity contribution in [3.05, 3.63) is 35.0 Å². The molecule has 0 aliphatic heterocycles. The highest BCUT2D eigenvalue weighted by molar-refractivity contribution is 6.33. The van der Waals surface area contributed by atoms with Crippen molar-refractivity contribution in [1.82, 2.24) is 15.2 Å². The van der Waals surface area contributed by atoms with E-state index in [0.717, 1.165) is 25.0 Å². The average Bonchev–Trinajstić information content (AvgIpc) is 3.02. The Labute approximate surface area is 141 Å². The normalized spacial score (nSPS) is 15.5. The fourth-order valence-electron chi connectivity index (χ4n) is 2.62. The van der Waals surface area contributed by atoms with E-state index < -0.39 is 11.7 Å². The van der Waals surface area contributed by atoms with Gasteiger partial charge in [-0.25, -0.2) is 0 Å². The van der Waals surface area contributed by atoms with Crippen molar-refractivity contribution in [1.29, 1.82) is 0 Å². The second-order valence-corrected chi connectivity index (χ2v) is 6.02. The van der Waals surface area contributed by atoms with Gasteiger partial charge in [-0.15, -0.1) is 5.10 Å². The second-order valence-electron chi connectivity index (χ2n) is 5.61. The first-order valence-electron chi connectivity index (χ1n) is 7.52. The molecule has 1 aromatic carbocycles. The van der Waals surface area contributed by atoms with Crippen LogP contribution in [0.2, 0.25) is 5.02 Å². The Hall–Kier alpha value is -2.09. The third-order valence-corrected chi connectivity index (χ3v) is 4.14. The molecule has 0 spiro atoms. The summed E-state index contributed by atoms with van der Waals surface area (Å²) in [4.78, 5) is 4.23. The molecule has 0 bridgehead atoms. The largest absolute Gasteiger partial charge is 0.416 e. The van der Waals surface area contributed by atoms with Crippen molar-refractivity contribution < 1.29 is 13.2 Å². The summed E-state index contributed by atoms with van der Waals surface area (Å²) in [5.74, 6) is 0.613. The number of nitrogens with one attached hydrogen (secondary N) is 2. The van der Waals surface area contributed by atoms with Gasteiger partial charge >= 0.3 is 6.18 Å². The fraction of sp³-hybridized carbons (Fsp3) is 0.400. The van der Waals surface area contributed by atoms with Crippen molar-refractivity contribution in [2.45, 2.75) is 37.9 Å². The highest BCUT2D eigenvalue weighted by Gasteiger charge is 2.31. The van der Waals surface area contributed by atoms with Crippen LogP contribution >= 0.6 is 11.6 Å². The molecule has 3 rings (SSSR count). The standard InChI is InChI=1S/C15H15ClF3N5/c16-11-6-5-9(15(17,18)19)7-12(11)22-14-23-13(8-20-24-14)21-10-3-1-2-4-10/h5-8,10H,1-4H2,(H2,21,22,23,24). The van der Waals surface area contributed by atoms with Gasteiger partial charge in [0.05, 0.1) is 22.5 Å². The molecule has 2 N–H and O–H groups in total. The van der Waals surface area contributed by atoms with E-state index in [-0.39, 0.29) is 16.7 Å². The van der Waals surface area contributed by atoms with E-state index in [2.05, 4.69) is 25.8 Å². The number of alkyl halides is 3. The minimum absolute atomic E-state index is 0.0753. The maximum Gasteiger partial charge on any atom is 0.416 e. The summed E-state index contributed by atoms with van der Waals surface area (Å²) in [5.41, 5.74) is -0.728. The van der Waals surface area contributed by atoms with E-state index in [0.29, 0.717) is 11.9 Å². The molecule has 0 saturated heterocycles. The molecule has 9 heteroatoms. The molecule has 1 aliphatic rings. The summed E-state index contributed by atoms with van der Waals surface area (Å²) >= 11 is 5.95. The van der Waals surface area contributed by atoms with Gasteiger partial charge in [-0.3, -0.25) is 0 Å². The number of hydrogen-bond donors (Lipinski definition) is 2. The molecule has 1 aromatic heterocycles. The number of aromatic nitrogens is 3. The molecule has 1 heterocycles. The molecular weight excluding hydrogens is 343 g/mol. The summed E-state index contributed by atoms with van der Waals surface area (Å²) < 4.78 is 38.4. The zero-order chi connectivity index (χ0) is 17.2. The first-order valence-corrected chi connectivity index (χ1v) is 7.89. The van der Waals surface area contributed by atoms with Crippen LogP contribution in [0.1, 0.15) is 31.2 Å². The Kier molecular flexibility index (Phi) is 4.75. The third kappa shape index (κ3) is 4.05. The van der Waals surface area contributed by atoms with E-state index >= 15 is 0 Å². The van der Waals surface area contributed by atoms with Gasteiger partial charge in [-0.2, -0.15) is 23.3 Å². The zero-order valence-electron chi connectivity index (χ0n) is 12.6. The molecule has 1 aliphatic carbocycles. The molecule has 2 aromatic rings. The molecule has 0 amide bonds. The highest BCUT2D eigenvalue weighted by atomic mass is 35.5. The minimum Gasteiger partial charge on any atom is -0.366 e. The van der Waals surface area contributed by atoms with Gasteiger partial charge in [0.25, 0.3) is 0 Å². The summed E-state index contributed by atoms with van der Waals surface area (Å²) in [6.45, 7) is 0. The Morgan fingerprint density at radius 1 is 1.17 bits per heavy atom. The van der Waals surface area contributed by atoms with Crippen molar-refractivity contribution in [2.75, 3.05) is 10.6 Å². The maximum absolute atomic E-state index is 12.8. The topological polar surface area (TPSA) is 62.7 Å². The van der Waals surface area contributed by atoms with Crippen LogP contribution in [0.5, 0.6) is 0 Å². The predicted molar refractivity (Wildman–Crippen MR) is 85.4 cm³/mol. The molecule has 1 saturated carbocycles. The van der Waals surface area contributed by atoms with E-state index in [4.69, 9.17) is 11.6 Å². The third-order valence-electron chi connectivity index (χ3n) is 3.81. The summed E-state index contributed by atoms with van der Waals surface area (Å²) in [5, 5.41) is 13.7. The van der Waals surface area contributed by atoms with E-state index in [1.807, 2.05) is 0 Å². The van der Waals surface area contributed by atoms with Gasteiger partial charge in [0.15, 0.2) is 5.82 Å².